The number of thioether (sulfide) groups is 1. The monoisotopic (exact) mass is 449 g/mol. The van der Waals surface area contributed by atoms with Gasteiger partial charge in [-0.15, -0.1) is 5.10 Å². The Kier molecular flexibility index (Phi) is 7.19. The molecule has 1 heterocycles. The van der Waals surface area contributed by atoms with Crippen molar-refractivity contribution < 1.29 is 14.6 Å². The molecule has 6 nitrogen and oxygen atoms in total. The van der Waals surface area contributed by atoms with Crippen molar-refractivity contribution >= 4 is 47.0 Å². The number of benzene rings is 2. The van der Waals surface area contributed by atoms with Crippen LogP contribution in [0, 0.1) is 0 Å². The number of aromatic nitrogens is 3. The summed E-state index contributed by atoms with van der Waals surface area (Å²) in [6.07, 6.45) is 2.24. The van der Waals surface area contributed by atoms with Crippen molar-refractivity contribution in [1.29, 1.82) is 0 Å². The van der Waals surface area contributed by atoms with Gasteiger partial charge in [0.25, 0.3) is 0 Å². The SMILES string of the molecule is CCc1nc(S/C(=C\c2cccc(OCc3ccc(Cl)cc3Cl)c2)C(=O)O)n[nH]1. The van der Waals surface area contributed by atoms with E-state index in [0.717, 1.165) is 17.3 Å². The van der Waals surface area contributed by atoms with Gasteiger partial charge in [-0.1, -0.05) is 48.3 Å². The number of carboxylic acid groups (broad SMARTS) is 1. The number of hydrogen-bond acceptors (Lipinski definition) is 5. The van der Waals surface area contributed by atoms with E-state index >= 15 is 0 Å². The highest BCUT2D eigenvalue weighted by molar-refractivity contribution is 8.04. The summed E-state index contributed by atoms with van der Waals surface area (Å²) in [7, 11) is 0. The average Bonchev–Trinajstić information content (AvgIpc) is 3.15. The van der Waals surface area contributed by atoms with Gasteiger partial charge in [0.1, 0.15) is 23.1 Å². The van der Waals surface area contributed by atoms with E-state index in [-0.39, 0.29) is 11.5 Å². The number of aryl methyl sites for hydroxylation is 1. The van der Waals surface area contributed by atoms with E-state index in [4.69, 9.17) is 27.9 Å². The number of ether oxygens (including phenoxy) is 1. The number of rotatable bonds is 8. The minimum atomic E-state index is -1.06. The van der Waals surface area contributed by atoms with Gasteiger partial charge in [0.2, 0.25) is 5.16 Å². The van der Waals surface area contributed by atoms with Gasteiger partial charge >= 0.3 is 5.97 Å². The molecule has 0 aliphatic carbocycles. The second-order valence-electron chi connectivity index (χ2n) is 5.93. The topological polar surface area (TPSA) is 88.1 Å². The molecule has 150 valence electrons. The van der Waals surface area contributed by atoms with Crippen molar-refractivity contribution in [2.75, 3.05) is 0 Å². The number of carbonyl (C=O) groups is 1. The van der Waals surface area contributed by atoms with Crippen LogP contribution < -0.4 is 4.74 Å². The minimum absolute atomic E-state index is 0.101. The molecule has 2 aromatic carbocycles. The number of aromatic amines is 1. The molecule has 0 saturated carbocycles. The number of nitrogens with one attached hydrogen (secondary N) is 1. The smallest absolute Gasteiger partial charge is 0.342 e. The number of carboxylic acids is 1. The Bertz CT molecular complexity index is 1050. The van der Waals surface area contributed by atoms with Crippen molar-refractivity contribution in [3.63, 3.8) is 0 Å². The average molecular weight is 450 g/mol. The molecule has 3 rings (SSSR count). The summed E-state index contributed by atoms with van der Waals surface area (Å²) in [5, 5.41) is 17.8. The lowest BCUT2D eigenvalue weighted by Gasteiger charge is -2.09. The number of halogens is 2. The maximum Gasteiger partial charge on any atom is 0.342 e. The fourth-order valence-corrected chi connectivity index (χ4v) is 3.55. The zero-order valence-electron chi connectivity index (χ0n) is 15.4. The van der Waals surface area contributed by atoms with Crippen LogP contribution in [-0.4, -0.2) is 26.3 Å². The summed E-state index contributed by atoms with van der Waals surface area (Å²) >= 11 is 13.1. The first-order valence-electron chi connectivity index (χ1n) is 8.65. The minimum Gasteiger partial charge on any atom is -0.489 e. The van der Waals surface area contributed by atoms with Gasteiger partial charge in [0.05, 0.1) is 0 Å². The molecule has 0 saturated heterocycles. The van der Waals surface area contributed by atoms with Gasteiger partial charge < -0.3 is 9.84 Å². The zero-order valence-corrected chi connectivity index (χ0v) is 17.7. The quantitative estimate of drug-likeness (QED) is 0.350. The van der Waals surface area contributed by atoms with Crippen molar-refractivity contribution in [2.45, 2.75) is 25.1 Å². The van der Waals surface area contributed by atoms with Crippen LogP contribution in [0.2, 0.25) is 10.0 Å². The molecule has 0 atom stereocenters. The van der Waals surface area contributed by atoms with Gasteiger partial charge in [0.15, 0.2) is 0 Å². The summed E-state index contributed by atoms with van der Waals surface area (Å²) in [6.45, 7) is 2.20. The van der Waals surface area contributed by atoms with Crippen LogP contribution in [0.3, 0.4) is 0 Å². The van der Waals surface area contributed by atoms with Crippen LogP contribution in [0.15, 0.2) is 52.5 Å². The van der Waals surface area contributed by atoms with Gasteiger partial charge in [-0.05, 0) is 47.7 Å². The van der Waals surface area contributed by atoms with Gasteiger partial charge in [-0.25, -0.2) is 9.78 Å². The summed E-state index contributed by atoms with van der Waals surface area (Å²) in [4.78, 5) is 16.0. The van der Waals surface area contributed by atoms with Crippen LogP contribution in [0.5, 0.6) is 5.75 Å². The van der Waals surface area contributed by atoms with Crippen LogP contribution in [-0.2, 0) is 17.8 Å². The zero-order chi connectivity index (χ0) is 20.8. The fourth-order valence-electron chi connectivity index (χ4n) is 2.36. The highest BCUT2D eigenvalue weighted by Crippen LogP contribution is 2.27. The normalized spacial score (nSPS) is 11.5. The molecule has 0 spiro atoms. The molecule has 0 aliphatic heterocycles. The molecule has 0 unspecified atom stereocenters. The third kappa shape index (κ3) is 6.00. The predicted octanol–water partition coefficient (Wildman–Crippen LogP) is 5.47. The third-order valence-corrected chi connectivity index (χ3v) is 5.29. The van der Waals surface area contributed by atoms with E-state index < -0.39 is 5.97 Å². The number of aliphatic carboxylic acids is 1. The lowest BCUT2D eigenvalue weighted by molar-refractivity contribution is -0.131. The first-order valence-corrected chi connectivity index (χ1v) is 10.2. The van der Waals surface area contributed by atoms with Crippen LogP contribution in [0.4, 0.5) is 0 Å². The number of H-pyrrole nitrogens is 1. The molecule has 2 N–H and O–H groups in total. The molecule has 0 fully saturated rings. The molecule has 0 aliphatic rings. The molecule has 1 aromatic heterocycles. The van der Waals surface area contributed by atoms with Crippen molar-refractivity contribution in [1.82, 2.24) is 15.2 Å². The Morgan fingerprint density at radius 2 is 2.10 bits per heavy atom. The maximum absolute atomic E-state index is 11.6. The molecule has 0 amide bonds. The lowest BCUT2D eigenvalue weighted by atomic mass is 10.2. The fraction of sp³-hybridized carbons (Fsp3) is 0.150. The van der Waals surface area contributed by atoms with Gasteiger partial charge in [0, 0.05) is 22.0 Å². The maximum atomic E-state index is 11.6. The summed E-state index contributed by atoms with van der Waals surface area (Å²) in [5.41, 5.74) is 1.48. The third-order valence-electron chi connectivity index (χ3n) is 3.82. The molecule has 0 bridgehead atoms. The first-order chi connectivity index (χ1) is 13.9. The second kappa shape index (κ2) is 9.82. The summed E-state index contributed by atoms with van der Waals surface area (Å²) < 4.78 is 5.79. The summed E-state index contributed by atoms with van der Waals surface area (Å²) in [5.74, 6) is 0.233. The molecular weight excluding hydrogens is 433 g/mol. The molecule has 9 heteroatoms. The Morgan fingerprint density at radius 3 is 2.79 bits per heavy atom. The Morgan fingerprint density at radius 1 is 1.28 bits per heavy atom. The van der Waals surface area contributed by atoms with E-state index in [1.807, 2.05) is 6.92 Å². The van der Waals surface area contributed by atoms with E-state index in [1.54, 1.807) is 48.5 Å². The largest absolute Gasteiger partial charge is 0.489 e. The van der Waals surface area contributed by atoms with Crippen molar-refractivity contribution in [3.05, 3.63) is 74.4 Å². The van der Waals surface area contributed by atoms with Crippen molar-refractivity contribution in [2.24, 2.45) is 0 Å². The molecule has 29 heavy (non-hydrogen) atoms. The van der Waals surface area contributed by atoms with Crippen LogP contribution >= 0.6 is 35.0 Å². The summed E-state index contributed by atoms with van der Waals surface area (Å²) in [6, 6.07) is 12.3. The molecule has 0 radical (unpaired) electrons. The van der Waals surface area contributed by atoms with E-state index in [2.05, 4.69) is 15.2 Å². The van der Waals surface area contributed by atoms with Crippen LogP contribution in [0.1, 0.15) is 23.9 Å². The van der Waals surface area contributed by atoms with Crippen molar-refractivity contribution in [3.8, 4) is 5.75 Å². The second-order valence-corrected chi connectivity index (χ2v) is 7.78. The van der Waals surface area contributed by atoms with E-state index in [0.29, 0.717) is 38.8 Å². The molecule has 3 aromatic rings. The van der Waals surface area contributed by atoms with Gasteiger partial charge in [-0.3, -0.25) is 5.10 Å². The molecular formula is C20H17Cl2N3O3S. The lowest BCUT2D eigenvalue weighted by Crippen LogP contribution is -1.98. The van der Waals surface area contributed by atoms with E-state index in [9.17, 15) is 9.90 Å². The first kappa shape index (κ1) is 21.2. The highest BCUT2D eigenvalue weighted by atomic mass is 35.5. The Hall–Kier alpha value is -2.48. The standard InChI is InChI=1S/C20H17Cl2N3O3S/c1-2-18-23-20(25-24-18)29-17(19(26)27)9-12-4-3-5-15(8-12)28-11-13-6-7-14(21)10-16(13)22/h3-10H,2,11H2,1H3,(H,26,27)(H,23,24,25)/b17-9-. The predicted molar refractivity (Wildman–Crippen MR) is 114 cm³/mol. The van der Waals surface area contributed by atoms with E-state index in [1.165, 1.54) is 0 Å². The number of nitrogens with zero attached hydrogens (tertiary/aromatic N) is 2. The van der Waals surface area contributed by atoms with Crippen LogP contribution in [0.25, 0.3) is 6.08 Å². The Balaban J connectivity index is 1.74. The van der Waals surface area contributed by atoms with Gasteiger partial charge in [-0.2, -0.15) is 0 Å². The Labute approximate surface area is 181 Å². The highest BCUT2D eigenvalue weighted by Gasteiger charge is 2.13. The number of hydrogen-bond donors (Lipinski definition) is 2.